The molecule has 5 rings (SSSR count). The summed E-state index contributed by atoms with van der Waals surface area (Å²) in [6, 6.07) is 16.3. The van der Waals surface area contributed by atoms with Crippen LogP contribution in [-0.4, -0.2) is 42.2 Å². The quantitative estimate of drug-likeness (QED) is 0.738. The maximum atomic E-state index is 10.1. The van der Waals surface area contributed by atoms with Gasteiger partial charge in [-0.2, -0.15) is 0 Å². The van der Waals surface area contributed by atoms with Crippen molar-refractivity contribution in [3.63, 3.8) is 0 Å². The monoisotopic (exact) mass is 374 g/mol. The summed E-state index contributed by atoms with van der Waals surface area (Å²) in [6.45, 7) is 2.15. The molecule has 2 aromatic carbocycles. The molecule has 1 saturated heterocycles. The lowest BCUT2D eigenvalue weighted by molar-refractivity contribution is 0.0987. The highest BCUT2D eigenvalue weighted by molar-refractivity contribution is 5.81. The molecule has 1 aliphatic carbocycles. The van der Waals surface area contributed by atoms with E-state index in [9.17, 15) is 5.11 Å². The zero-order chi connectivity index (χ0) is 19.3. The van der Waals surface area contributed by atoms with Crippen LogP contribution in [0.3, 0.4) is 0 Å². The number of piperidine rings is 1. The number of hydrogen-bond donors (Lipinski definition) is 1. The summed E-state index contributed by atoms with van der Waals surface area (Å²) in [6.07, 6.45) is 3.05. The summed E-state index contributed by atoms with van der Waals surface area (Å²) in [5.41, 5.74) is 4.86. The van der Waals surface area contributed by atoms with Crippen LogP contribution in [0.5, 0.6) is 11.5 Å². The molecule has 2 heterocycles. The molecule has 0 spiro atoms. The van der Waals surface area contributed by atoms with Crippen molar-refractivity contribution >= 4 is 10.9 Å². The van der Waals surface area contributed by atoms with Crippen LogP contribution in [0.4, 0.5) is 0 Å². The molecule has 1 aromatic heterocycles. The third kappa shape index (κ3) is 2.75. The Bertz CT molecular complexity index is 1050. The van der Waals surface area contributed by atoms with E-state index >= 15 is 0 Å². The Balaban J connectivity index is 1.65. The number of ether oxygens (including phenoxy) is 1. The van der Waals surface area contributed by atoms with Gasteiger partial charge in [-0.15, -0.1) is 0 Å². The zero-order valence-corrected chi connectivity index (χ0v) is 16.5. The van der Waals surface area contributed by atoms with Crippen molar-refractivity contribution in [2.24, 2.45) is 5.92 Å². The van der Waals surface area contributed by atoms with E-state index in [0.29, 0.717) is 11.7 Å². The predicted molar refractivity (Wildman–Crippen MR) is 111 cm³/mol. The van der Waals surface area contributed by atoms with Gasteiger partial charge in [-0.1, -0.05) is 12.1 Å². The number of pyridine rings is 1. The van der Waals surface area contributed by atoms with E-state index in [2.05, 4.69) is 30.1 Å². The molecule has 0 saturated carbocycles. The second kappa shape index (κ2) is 6.49. The molecular formula is C24H26N2O2. The average Bonchev–Trinajstić information content (AvgIpc) is 2.70. The van der Waals surface area contributed by atoms with Crippen molar-refractivity contribution < 1.29 is 9.84 Å². The summed E-state index contributed by atoms with van der Waals surface area (Å²) in [7, 11) is 3.91. The number of aromatic hydroxyl groups is 1. The Morgan fingerprint density at radius 3 is 2.89 bits per heavy atom. The maximum absolute atomic E-state index is 10.1. The van der Waals surface area contributed by atoms with E-state index < -0.39 is 0 Å². The Hall–Kier alpha value is -2.59. The average molecular weight is 374 g/mol. The molecule has 0 bridgehead atoms. The van der Waals surface area contributed by atoms with E-state index in [1.54, 1.807) is 13.2 Å². The molecule has 4 nitrogen and oxygen atoms in total. The number of aromatic nitrogens is 1. The van der Waals surface area contributed by atoms with Gasteiger partial charge in [0.2, 0.25) is 0 Å². The molecule has 0 radical (unpaired) electrons. The molecule has 2 atom stereocenters. The zero-order valence-electron chi connectivity index (χ0n) is 16.5. The number of fused-ring (bicyclic) bond motifs is 3. The smallest absolute Gasteiger partial charge is 0.121 e. The molecule has 0 unspecified atom stereocenters. The fourth-order valence-electron chi connectivity index (χ4n) is 5.28. The molecular weight excluding hydrogens is 348 g/mol. The molecule has 1 N–H and O–H groups in total. The number of likely N-dealkylation sites (tertiary alicyclic amines) is 1. The first-order valence-electron chi connectivity index (χ1n) is 10.0. The first kappa shape index (κ1) is 17.5. The number of nitrogens with zero attached hydrogens (tertiary/aromatic N) is 2. The Kier molecular flexibility index (Phi) is 4.06. The lowest BCUT2D eigenvalue weighted by Crippen LogP contribution is -2.53. The maximum Gasteiger partial charge on any atom is 0.121 e. The Labute approximate surface area is 165 Å². The Morgan fingerprint density at radius 1 is 1.18 bits per heavy atom. The van der Waals surface area contributed by atoms with Gasteiger partial charge in [-0.25, -0.2) is 0 Å². The molecule has 144 valence electrons. The predicted octanol–water partition coefficient (Wildman–Crippen LogP) is 3.94. The van der Waals surface area contributed by atoms with E-state index in [4.69, 9.17) is 9.72 Å². The van der Waals surface area contributed by atoms with Gasteiger partial charge in [0.15, 0.2) is 0 Å². The van der Waals surface area contributed by atoms with Crippen LogP contribution in [0.2, 0.25) is 0 Å². The van der Waals surface area contributed by atoms with E-state index in [0.717, 1.165) is 43.6 Å². The van der Waals surface area contributed by atoms with Crippen LogP contribution in [0.15, 0.2) is 48.5 Å². The summed E-state index contributed by atoms with van der Waals surface area (Å²) >= 11 is 0. The molecule has 2 aliphatic rings. The first-order chi connectivity index (χ1) is 13.6. The number of phenolic OH excluding ortho intramolecular Hbond substituents is 1. The highest BCUT2D eigenvalue weighted by atomic mass is 16.5. The lowest BCUT2D eigenvalue weighted by atomic mass is 9.58. The topological polar surface area (TPSA) is 45.6 Å². The lowest BCUT2D eigenvalue weighted by Gasteiger charge is -2.50. The van der Waals surface area contributed by atoms with Crippen LogP contribution in [0.25, 0.3) is 10.9 Å². The molecule has 28 heavy (non-hydrogen) atoms. The van der Waals surface area contributed by atoms with Crippen molar-refractivity contribution in [2.75, 3.05) is 27.2 Å². The van der Waals surface area contributed by atoms with Crippen molar-refractivity contribution in [3.05, 3.63) is 65.4 Å². The number of benzene rings is 2. The van der Waals surface area contributed by atoms with Gasteiger partial charge in [-0.3, -0.25) is 4.98 Å². The number of phenols is 1. The normalized spacial score (nSPS) is 24.6. The third-order valence-corrected chi connectivity index (χ3v) is 6.82. The summed E-state index contributed by atoms with van der Waals surface area (Å²) < 4.78 is 5.39. The second-order valence-electron chi connectivity index (χ2n) is 8.45. The molecule has 4 heteroatoms. The number of rotatable bonds is 2. The highest BCUT2D eigenvalue weighted by Crippen LogP contribution is 2.48. The van der Waals surface area contributed by atoms with Crippen LogP contribution >= 0.6 is 0 Å². The second-order valence-corrected chi connectivity index (χ2v) is 8.45. The summed E-state index contributed by atoms with van der Waals surface area (Å²) in [5.74, 6) is 1.72. The van der Waals surface area contributed by atoms with E-state index in [-0.39, 0.29) is 5.41 Å². The van der Waals surface area contributed by atoms with Crippen LogP contribution in [0.1, 0.15) is 23.2 Å². The first-order valence-corrected chi connectivity index (χ1v) is 10.0. The van der Waals surface area contributed by atoms with Gasteiger partial charge in [0, 0.05) is 35.5 Å². The fraction of sp³-hybridized carbons (Fsp3) is 0.375. The number of methoxy groups -OCH3 is 1. The Morgan fingerprint density at radius 2 is 2.07 bits per heavy atom. The largest absolute Gasteiger partial charge is 0.508 e. The summed E-state index contributed by atoms with van der Waals surface area (Å²) in [4.78, 5) is 7.51. The standard InChI is InChI=1S/C24H26N2O2/c1-26-9-8-24(18-4-3-5-20(27)12-18)14-23-17(11-19(24)15-26)10-16-6-7-21(28-2)13-22(16)25-23/h3-7,10,12-13,19,27H,8-9,11,14-15H2,1-2H3/t19-,24-/m0/s1. The van der Waals surface area contributed by atoms with Gasteiger partial charge in [-0.05, 0) is 73.8 Å². The van der Waals surface area contributed by atoms with Gasteiger partial charge < -0.3 is 14.7 Å². The van der Waals surface area contributed by atoms with Crippen LogP contribution in [-0.2, 0) is 18.3 Å². The van der Waals surface area contributed by atoms with E-state index in [1.165, 1.54) is 22.2 Å². The van der Waals surface area contributed by atoms with Crippen molar-refractivity contribution in [1.29, 1.82) is 0 Å². The van der Waals surface area contributed by atoms with Gasteiger partial charge in [0.05, 0.1) is 12.6 Å². The fourth-order valence-corrected chi connectivity index (χ4v) is 5.28. The third-order valence-electron chi connectivity index (χ3n) is 6.82. The number of hydrogen-bond acceptors (Lipinski definition) is 4. The molecule has 1 aliphatic heterocycles. The van der Waals surface area contributed by atoms with Crippen molar-refractivity contribution in [2.45, 2.75) is 24.7 Å². The minimum Gasteiger partial charge on any atom is -0.508 e. The highest BCUT2D eigenvalue weighted by Gasteiger charge is 2.47. The van der Waals surface area contributed by atoms with Crippen molar-refractivity contribution in [3.8, 4) is 11.5 Å². The van der Waals surface area contributed by atoms with Gasteiger partial charge in [0.25, 0.3) is 0 Å². The molecule has 3 aromatic rings. The van der Waals surface area contributed by atoms with Gasteiger partial charge in [0.1, 0.15) is 11.5 Å². The van der Waals surface area contributed by atoms with Crippen molar-refractivity contribution in [1.82, 2.24) is 9.88 Å². The minimum absolute atomic E-state index is 0.0395. The van der Waals surface area contributed by atoms with Gasteiger partial charge >= 0.3 is 0 Å². The summed E-state index contributed by atoms with van der Waals surface area (Å²) in [5, 5.41) is 11.3. The minimum atomic E-state index is 0.0395. The SMILES string of the molecule is COc1ccc2cc3c(nc2c1)C[C@]1(c2cccc(O)c2)CCN(C)C[C@@H]1C3. The molecule has 1 fully saturated rings. The van der Waals surface area contributed by atoms with Crippen LogP contribution < -0.4 is 4.74 Å². The van der Waals surface area contributed by atoms with E-state index in [1.807, 2.05) is 24.3 Å². The molecule has 0 amide bonds. The van der Waals surface area contributed by atoms with Crippen LogP contribution in [0, 0.1) is 5.92 Å².